The number of aldehydes is 1. The van der Waals surface area contributed by atoms with Gasteiger partial charge in [0, 0.05) is 36.0 Å². The highest BCUT2D eigenvalue weighted by Gasteiger charge is 2.31. The van der Waals surface area contributed by atoms with Gasteiger partial charge >= 0.3 is 5.97 Å². The number of fused-ring (bicyclic) bond motifs is 2. The average molecular weight is 575 g/mol. The summed E-state index contributed by atoms with van der Waals surface area (Å²) in [6.07, 6.45) is 3.47. The molecule has 0 aliphatic heterocycles. The van der Waals surface area contributed by atoms with Crippen molar-refractivity contribution >= 4 is 23.8 Å². The quantitative estimate of drug-likeness (QED) is 0.167. The van der Waals surface area contributed by atoms with Gasteiger partial charge in [0.05, 0.1) is 6.61 Å². The van der Waals surface area contributed by atoms with E-state index in [4.69, 9.17) is 24.4 Å². The van der Waals surface area contributed by atoms with Gasteiger partial charge in [0.1, 0.15) is 11.5 Å². The van der Waals surface area contributed by atoms with E-state index in [9.17, 15) is 19.2 Å². The zero-order chi connectivity index (χ0) is 31.4. The van der Waals surface area contributed by atoms with E-state index in [0.29, 0.717) is 18.5 Å². The van der Waals surface area contributed by atoms with E-state index in [1.54, 1.807) is 13.8 Å². The number of ketones is 2. The Morgan fingerprint density at radius 2 is 1.27 bits per heavy atom. The predicted molar refractivity (Wildman–Crippen MR) is 158 cm³/mol. The first-order valence-electron chi connectivity index (χ1n) is 14.2. The van der Waals surface area contributed by atoms with Crippen LogP contribution < -0.4 is 9.47 Å². The van der Waals surface area contributed by atoms with Gasteiger partial charge in [-0.2, -0.15) is 0 Å². The lowest BCUT2D eigenvalue weighted by atomic mass is 9.84. The molecular weight excluding hydrogens is 528 g/mol. The van der Waals surface area contributed by atoms with E-state index in [2.05, 4.69) is 13.8 Å². The molecule has 2 N–H and O–H groups in total. The minimum atomic E-state index is -0.892. The Balaban J connectivity index is 0.00000210. The zero-order valence-electron chi connectivity index (χ0n) is 25.4. The summed E-state index contributed by atoms with van der Waals surface area (Å²) in [7, 11) is 1.00. The Labute approximate surface area is 243 Å². The van der Waals surface area contributed by atoms with Crippen LogP contribution in [0.15, 0.2) is 36.4 Å². The monoisotopic (exact) mass is 574 g/mol. The smallest absolute Gasteiger partial charge is 0.347 e. The van der Waals surface area contributed by atoms with Crippen LogP contribution in [-0.4, -0.2) is 66.6 Å². The summed E-state index contributed by atoms with van der Waals surface area (Å²) in [4.78, 5) is 49.1. The summed E-state index contributed by atoms with van der Waals surface area (Å²) < 4.78 is 16.3. The van der Waals surface area contributed by atoms with Gasteiger partial charge in [-0.3, -0.25) is 14.4 Å². The zero-order valence-corrected chi connectivity index (χ0v) is 25.4. The standard InChI is InChI=1S/C26H28O8.C3H8.C2H6.CH4O/c1-16(15-28)33-18-7-9-20-22(13-18)24(29)21-10-8-19(14-23(21)25(20)30)34-17(2)26(31)32-12-6-4-3-5-11-27;1-3-2;2*1-2/h7-10,13-17,27H,3-6,11-12H2,1-2H3;3H2,1-2H3;1-2H3;2H,1H3. The molecule has 2 atom stereocenters. The van der Waals surface area contributed by atoms with Crippen molar-refractivity contribution in [2.45, 2.75) is 85.9 Å². The van der Waals surface area contributed by atoms with Gasteiger partial charge < -0.3 is 24.4 Å². The van der Waals surface area contributed by atoms with Crippen molar-refractivity contribution in [3.05, 3.63) is 58.7 Å². The molecule has 0 radical (unpaired) electrons. The van der Waals surface area contributed by atoms with Crippen LogP contribution in [0, 0.1) is 0 Å². The van der Waals surface area contributed by atoms with Crippen LogP contribution in [0.25, 0.3) is 0 Å². The molecule has 9 nitrogen and oxygen atoms in total. The maximum absolute atomic E-state index is 13.1. The van der Waals surface area contributed by atoms with Gasteiger partial charge in [0.25, 0.3) is 0 Å². The van der Waals surface area contributed by atoms with Crippen LogP contribution in [0.1, 0.15) is 105 Å². The van der Waals surface area contributed by atoms with Crippen LogP contribution in [0.4, 0.5) is 0 Å². The molecule has 0 spiro atoms. The maximum atomic E-state index is 13.1. The maximum Gasteiger partial charge on any atom is 0.347 e. The summed E-state index contributed by atoms with van der Waals surface area (Å²) in [6, 6.07) is 8.98. The molecule has 41 heavy (non-hydrogen) atoms. The van der Waals surface area contributed by atoms with Crippen LogP contribution in [0.5, 0.6) is 11.5 Å². The number of aliphatic hydroxyl groups is 2. The Kier molecular flexibility index (Phi) is 19.4. The number of unbranched alkanes of at least 4 members (excludes halogenated alkanes) is 3. The molecular formula is C32H46O9. The molecule has 0 saturated carbocycles. The van der Waals surface area contributed by atoms with Crippen molar-refractivity contribution in [3.8, 4) is 11.5 Å². The fraction of sp³-hybridized carbons (Fsp3) is 0.500. The predicted octanol–water partition coefficient (Wildman–Crippen LogP) is 5.34. The molecule has 0 amide bonds. The fourth-order valence-corrected chi connectivity index (χ4v) is 3.61. The number of benzene rings is 2. The SMILES string of the molecule is CC.CC(C=O)Oc1ccc2c(c1)C(=O)c1ccc(OC(C)C(=O)OCCCCCCO)cc1C2=O.CCC.CO. The minimum absolute atomic E-state index is 0.154. The Morgan fingerprint density at radius 3 is 1.73 bits per heavy atom. The number of carbonyl (C=O) groups is 4. The first kappa shape index (κ1) is 37.4. The third kappa shape index (κ3) is 11.8. The molecule has 0 aromatic heterocycles. The average Bonchev–Trinajstić information content (AvgIpc) is 2.99. The summed E-state index contributed by atoms with van der Waals surface area (Å²) in [5.41, 5.74) is 0.852. The largest absolute Gasteiger partial charge is 0.483 e. The molecule has 2 aromatic rings. The highest BCUT2D eigenvalue weighted by molar-refractivity contribution is 6.28. The molecule has 2 aromatic carbocycles. The van der Waals surface area contributed by atoms with E-state index in [1.165, 1.54) is 42.8 Å². The lowest BCUT2D eigenvalue weighted by molar-refractivity contribution is -0.151. The molecule has 3 rings (SSSR count). The third-order valence-electron chi connectivity index (χ3n) is 5.42. The van der Waals surface area contributed by atoms with Crippen molar-refractivity contribution < 1.29 is 43.6 Å². The molecule has 9 heteroatoms. The van der Waals surface area contributed by atoms with Gasteiger partial charge in [-0.05, 0) is 69.5 Å². The van der Waals surface area contributed by atoms with Gasteiger partial charge in [-0.25, -0.2) is 4.79 Å². The lowest BCUT2D eigenvalue weighted by Gasteiger charge is -2.20. The van der Waals surface area contributed by atoms with Crippen LogP contribution >= 0.6 is 0 Å². The normalized spacial score (nSPS) is 12.3. The van der Waals surface area contributed by atoms with E-state index in [0.717, 1.165) is 26.4 Å². The van der Waals surface area contributed by atoms with Crippen molar-refractivity contribution in [3.63, 3.8) is 0 Å². The van der Waals surface area contributed by atoms with Crippen molar-refractivity contribution in [2.75, 3.05) is 20.3 Å². The van der Waals surface area contributed by atoms with Gasteiger partial charge in [0.15, 0.2) is 30.1 Å². The van der Waals surface area contributed by atoms with E-state index < -0.39 is 18.2 Å². The number of rotatable bonds is 12. The number of aliphatic hydroxyl groups excluding tert-OH is 2. The molecule has 228 valence electrons. The second-order valence-electron chi connectivity index (χ2n) is 8.80. The summed E-state index contributed by atoms with van der Waals surface area (Å²) in [5.74, 6) is -0.610. The van der Waals surface area contributed by atoms with Crippen LogP contribution in [0.2, 0.25) is 0 Å². The Morgan fingerprint density at radius 1 is 0.805 bits per heavy atom. The van der Waals surface area contributed by atoms with E-state index >= 15 is 0 Å². The molecule has 0 heterocycles. The molecule has 1 aliphatic rings. The molecule has 0 fully saturated rings. The van der Waals surface area contributed by atoms with E-state index in [1.807, 2.05) is 13.8 Å². The van der Waals surface area contributed by atoms with Crippen LogP contribution in [0.3, 0.4) is 0 Å². The molecule has 0 saturated heterocycles. The molecule has 0 bridgehead atoms. The summed E-state index contributed by atoms with van der Waals surface area (Å²) in [5, 5.41) is 15.8. The molecule has 2 unspecified atom stereocenters. The Bertz CT molecular complexity index is 1090. The second-order valence-corrected chi connectivity index (χ2v) is 8.80. The van der Waals surface area contributed by atoms with Crippen molar-refractivity contribution in [1.29, 1.82) is 0 Å². The highest BCUT2D eigenvalue weighted by atomic mass is 16.6. The molecule has 1 aliphatic carbocycles. The number of hydrogen-bond acceptors (Lipinski definition) is 9. The first-order valence-corrected chi connectivity index (χ1v) is 14.2. The van der Waals surface area contributed by atoms with E-state index in [-0.39, 0.29) is 52.8 Å². The fourth-order valence-electron chi connectivity index (χ4n) is 3.61. The van der Waals surface area contributed by atoms with Crippen molar-refractivity contribution in [1.82, 2.24) is 0 Å². The van der Waals surface area contributed by atoms with Gasteiger partial charge in [0.2, 0.25) is 0 Å². The van der Waals surface area contributed by atoms with Gasteiger partial charge in [-0.15, -0.1) is 0 Å². The number of ether oxygens (including phenoxy) is 3. The second kappa shape index (κ2) is 21.2. The Hall–Kier alpha value is -3.56. The van der Waals surface area contributed by atoms with Gasteiger partial charge in [-0.1, -0.05) is 40.5 Å². The first-order chi connectivity index (χ1) is 19.8. The minimum Gasteiger partial charge on any atom is -0.483 e. The van der Waals surface area contributed by atoms with Crippen LogP contribution in [-0.2, 0) is 14.3 Å². The summed E-state index contributed by atoms with van der Waals surface area (Å²) in [6.45, 7) is 11.8. The lowest BCUT2D eigenvalue weighted by Crippen LogP contribution is -2.27. The number of hydrogen-bond donors (Lipinski definition) is 2. The summed E-state index contributed by atoms with van der Waals surface area (Å²) >= 11 is 0. The topological polar surface area (TPSA) is 136 Å². The third-order valence-corrected chi connectivity index (χ3v) is 5.42. The number of esters is 1. The van der Waals surface area contributed by atoms with Crippen molar-refractivity contribution in [2.24, 2.45) is 0 Å². The number of carbonyl (C=O) groups excluding carboxylic acids is 4. The highest BCUT2D eigenvalue weighted by Crippen LogP contribution is 2.32.